The topological polar surface area (TPSA) is 33.1 Å². The van der Waals surface area contributed by atoms with Gasteiger partial charge in [-0.05, 0) is 43.7 Å². The third-order valence-corrected chi connectivity index (χ3v) is 5.15. The van der Waals surface area contributed by atoms with Crippen LogP contribution in [0.2, 0.25) is 0 Å². The molecule has 3 heteroatoms. The first kappa shape index (κ1) is 12.8. The van der Waals surface area contributed by atoms with E-state index >= 15 is 0 Å². The van der Waals surface area contributed by atoms with Gasteiger partial charge in [0, 0.05) is 0 Å². The van der Waals surface area contributed by atoms with E-state index in [-0.39, 0.29) is 0 Å². The zero-order chi connectivity index (χ0) is 13.4. The van der Waals surface area contributed by atoms with Crippen LogP contribution in [-0.2, 0) is 0 Å². The quantitative estimate of drug-likeness (QED) is 0.913. The molecule has 1 aliphatic carbocycles. The van der Waals surface area contributed by atoms with Gasteiger partial charge >= 0.3 is 0 Å². The van der Waals surface area contributed by atoms with Gasteiger partial charge in [0.05, 0.1) is 15.6 Å². The summed E-state index contributed by atoms with van der Waals surface area (Å²) in [6.45, 7) is 3.97. The van der Waals surface area contributed by atoms with Crippen LogP contribution in [0.1, 0.15) is 58.0 Å². The SMILES string of the molecule is Cc1nc(C)c(C(O)c2ccccc2C2CCC2)s1. The van der Waals surface area contributed by atoms with E-state index < -0.39 is 6.10 Å². The third kappa shape index (κ3) is 2.33. The molecule has 0 bridgehead atoms. The average molecular weight is 273 g/mol. The Balaban J connectivity index is 1.99. The Morgan fingerprint density at radius 3 is 2.58 bits per heavy atom. The monoisotopic (exact) mass is 273 g/mol. The lowest BCUT2D eigenvalue weighted by Crippen LogP contribution is -2.13. The molecule has 1 fully saturated rings. The van der Waals surface area contributed by atoms with Crippen molar-refractivity contribution in [3.63, 3.8) is 0 Å². The molecule has 0 amide bonds. The van der Waals surface area contributed by atoms with Crippen molar-refractivity contribution in [2.24, 2.45) is 0 Å². The molecule has 1 unspecified atom stereocenters. The van der Waals surface area contributed by atoms with Crippen LogP contribution >= 0.6 is 11.3 Å². The second-order valence-electron chi connectivity index (χ2n) is 5.34. The summed E-state index contributed by atoms with van der Waals surface area (Å²) in [5.74, 6) is 0.639. The first-order valence-corrected chi connectivity index (χ1v) is 7.69. The lowest BCUT2D eigenvalue weighted by Gasteiger charge is -2.29. The van der Waals surface area contributed by atoms with E-state index in [2.05, 4.69) is 23.2 Å². The molecule has 100 valence electrons. The molecule has 2 nitrogen and oxygen atoms in total. The molecule has 1 aliphatic rings. The molecule has 3 rings (SSSR count). The first-order chi connectivity index (χ1) is 9.16. The second kappa shape index (κ2) is 5.06. The Morgan fingerprint density at radius 1 is 1.26 bits per heavy atom. The molecular formula is C16H19NOS. The highest BCUT2D eigenvalue weighted by atomic mass is 32.1. The normalized spacial score (nSPS) is 17.2. The van der Waals surface area contributed by atoms with Crippen LogP contribution in [0, 0.1) is 13.8 Å². The lowest BCUT2D eigenvalue weighted by atomic mass is 9.77. The molecule has 0 aliphatic heterocycles. The number of aromatic nitrogens is 1. The Morgan fingerprint density at radius 2 is 2.00 bits per heavy atom. The van der Waals surface area contributed by atoms with E-state index in [4.69, 9.17) is 0 Å². The van der Waals surface area contributed by atoms with Gasteiger partial charge in [-0.2, -0.15) is 0 Å². The van der Waals surface area contributed by atoms with E-state index in [1.807, 2.05) is 19.9 Å². The van der Waals surface area contributed by atoms with Gasteiger partial charge in [-0.3, -0.25) is 0 Å². The summed E-state index contributed by atoms with van der Waals surface area (Å²) in [7, 11) is 0. The third-order valence-electron chi connectivity index (χ3n) is 4.02. The number of benzene rings is 1. The number of nitrogens with zero attached hydrogens (tertiary/aromatic N) is 1. The molecule has 1 atom stereocenters. The molecule has 1 heterocycles. The summed E-state index contributed by atoms with van der Waals surface area (Å²) in [6.07, 6.45) is 3.30. The Bertz CT molecular complexity index is 586. The van der Waals surface area contributed by atoms with E-state index in [9.17, 15) is 5.11 Å². The summed E-state index contributed by atoms with van der Waals surface area (Å²) in [5, 5.41) is 11.7. The Kier molecular flexibility index (Phi) is 3.42. The first-order valence-electron chi connectivity index (χ1n) is 6.87. The number of hydrogen-bond donors (Lipinski definition) is 1. The molecule has 1 aromatic carbocycles. The largest absolute Gasteiger partial charge is 0.383 e. The van der Waals surface area contributed by atoms with E-state index in [1.54, 1.807) is 11.3 Å². The molecule has 2 aromatic rings. The van der Waals surface area contributed by atoms with Gasteiger partial charge in [0.2, 0.25) is 0 Å². The fourth-order valence-electron chi connectivity index (χ4n) is 2.79. The molecule has 19 heavy (non-hydrogen) atoms. The molecule has 0 radical (unpaired) electrons. The minimum absolute atomic E-state index is 0.525. The lowest BCUT2D eigenvalue weighted by molar-refractivity contribution is 0.220. The summed E-state index contributed by atoms with van der Waals surface area (Å²) >= 11 is 1.60. The predicted molar refractivity (Wildman–Crippen MR) is 78.7 cm³/mol. The average Bonchev–Trinajstić information content (AvgIpc) is 2.66. The van der Waals surface area contributed by atoms with Gasteiger partial charge in [-0.1, -0.05) is 30.7 Å². The van der Waals surface area contributed by atoms with Crippen LogP contribution in [0.3, 0.4) is 0 Å². The van der Waals surface area contributed by atoms with E-state index in [1.165, 1.54) is 24.8 Å². The van der Waals surface area contributed by atoms with Gasteiger partial charge < -0.3 is 5.11 Å². The smallest absolute Gasteiger partial charge is 0.115 e. The van der Waals surface area contributed by atoms with Crippen molar-refractivity contribution in [1.82, 2.24) is 4.98 Å². The Labute approximate surface area is 118 Å². The highest BCUT2D eigenvalue weighted by molar-refractivity contribution is 7.11. The fraction of sp³-hybridized carbons (Fsp3) is 0.438. The number of thiazole rings is 1. The summed E-state index contributed by atoms with van der Waals surface area (Å²) in [6, 6.07) is 8.33. The van der Waals surface area contributed by atoms with Crippen LogP contribution in [0.25, 0.3) is 0 Å². The molecular weight excluding hydrogens is 254 g/mol. The van der Waals surface area contributed by atoms with Crippen molar-refractivity contribution >= 4 is 11.3 Å². The van der Waals surface area contributed by atoms with Gasteiger partial charge in [-0.25, -0.2) is 4.98 Å². The van der Waals surface area contributed by atoms with Crippen LogP contribution in [0.15, 0.2) is 24.3 Å². The minimum Gasteiger partial charge on any atom is -0.383 e. The zero-order valence-electron chi connectivity index (χ0n) is 11.4. The molecule has 0 spiro atoms. The van der Waals surface area contributed by atoms with Gasteiger partial charge in [-0.15, -0.1) is 11.3 Å². The summed E-state index contributed by atoms with van der Waals surface area (Å²) in [4.78, 5) is 5.41. The van der Waals surface area contributed by atoms with Gasteiger partial charge in [0.15, 0.2) is 0 Å². The maximum absolute atomic E-state index is 10.7. The standard InChI is InChI=1S/C16H19NOS/c1-10-16(19-11(2)17-10)15(18)14-9-4-3-8-13(14)12-6-5-7-12/h3-4,8-9,12,15,18H,5-7H2,1-2H3. The van der Waals surface area contributed by atoms with E-state index in [0.29, 0.717) is 5.92 Å². The second-order valence-corrected chi connectivity index (χ2v) is 6.58. The van der Waals surface area contributed by atoms with Crippen molar-refractivity contribution in [1.29, 1.82) is 0 Å². The van der Waals surface area contributed by atoms with Gasteiger partial charge in [0.1, 0.15) is 6.10 Å². The molecule has 1 saturated carbocycles. The van der Waals surface area contributed by atoms with Crippen molar-refractivity contribution in [2.75, 3.05) is 0 Å². The van der Waals surface area contributed by atoms with Crippen LogP contribution in [0.4, 0.5) is 0 Å². The molecule has 1 N–H and O–H groups in total. The molecule has 0 saturated heterocycles. The number of aryl methyl sites for hydroxylation is 2. The van der Waals surface area contributed by atoms with Crippen LogP contribution < -0.4 is 0 Å². The fourth-order valence-corrected chi connectivity index (χ4v) is 3.73. The van der Waals surface area contributed by atoms with Crippen molar-refractivity contribution in [3.8, 4) is 0 Å². The van der Waals surface area contributed by atoms with Crippen molar-refractivity contribution < 1.29 is 5.11 Å². The number of rotatable bonds is 3. The zero-order valence-corrected chi connectivity index (χ0v) is 12.2. The number of aliphatic hydroxyl groups is 1. The highest BCUT2D eigenvalue weighted by Gasteiger charge is 2.26. The van der Waals surface area contributed by atoms with Gasteiger partial charge in [0.25, 0.3) is 0 Å². The summed E-state index contributed by atoms with van der Waals surface area (Å²) in [5.41, 5.74) is 3.35. The number of aliphatic hydroxyl groups excluding tert-OH is 1. The van der Waals surface area contributed by atoms with Crippen molar-refractivity contribution in [3.05, 3.63) is 51.0 Å². The molecule has 1 aromatic heterocycles. The van der Waals surface area contributed by atoms with Crippen molar-refractivity contribution in [2.45, 2.75) is 45.1 Å². The highest BCUT2D eigenvalue weighted by Crippen LogP contribution is 2.41. The van der Waals surface area contributed by atoms with Crippen LogP contribution in [-0.4, -0.2) is 10.1 Å². The minimum atomic E-state index is -0.525. The maximum Gasteiger partial charge on any atom is 0.115 e. The summed E-state index contributed by atoms with van der Waals surface area (Å²) < 4.78 is 0. The van der Waals surface area contributed by atoms with Crippen LogP contribution in [0.5, 0.6) is 0 Å². The Hall–Kier alpha value is -1.19. The number of hydrogen-bond acceptors (Lipinski definition) is 3. The predicted octanol–water partition coefficient (Wildman–Crippen LogP) is 4.11. The maximum atomic E-state index is 10.7. The van der Waals surface area contributed by atoms with E-state index in [0.717, 1.165) is 21.1 Å².